The Labute approximate surface area is 93.7 Å². The van der Waals surface area contributed by atoms with Gasteiger partial charge in [-0.3, -0.25) is 4.90 Å². The summed E-state index contributed by atoms with van der Waals surface area (Å²) in [7, 11) is 3.47. The largest absolute Gasteiger partial charge is 0.383 e. The smallest absolute Gasteiger partial charge is 0.0589 e. The first kappa shape index (κ1) is 14.8. The lowest BCUT2D eigenvalue weighted by atomic mass is 10.1. The molecule has 0 heterocycles. The molecular formula is C11H26N2O2. The first-order valence-corrected chi connectivity index (χ1v) is 5.68. The van der Waals surface area contributed by atoms with Crippen molar-refractivity contribution in [1.82, 2.24) is 4.90 Å². The average molecular weight is 218 g/mol. The quantitative estimate of drug-likeness (QED) is 0.586. The molecule has 0 spiro atoms. The summed E-state index contributed by atoms with van der Waals surface area (Å²) in [5, 5.41) is 0. The summed E-state index contributed by atoms with van der Waals surface area (Å²) in [6.07, 6.45) is 2.22. The van der Waals surface area contributed by atoms with Crippen molar-refractivity contribution < 1.29 is 9.47 Å². The molecule has 0 rings (SSSR count). The number of methoxy groups -OCH3 is 2. The predicted octanol–water partition coefficient (Wildman–Crippen LogP) is 0.709. The number of nitrogens with two attached hydrogens (primary N) is 1. The molecule has 0 radical (unpaired) electrons. The monoisotopic (exact) mass is 218 g/mol. The van der Waals surface area contributed by atoms with Crippen molar-refractivity contribution in [1.29, 1.82) is 0 Å². The minimum absolute atomic E-state index is 0.554. The fourth-order valence-corrected chi connectivity index (χ4v) is 1.57. The standard InChI is InChI=1S/C11H26N2O2/c1-11(5-4-6-12)13(7-9-14-2)8-10-15-3/h11H,4-10,12H2,1-3H3. The number of nitrogens with zero attached hydrogens (tertiary/aromatic N) is 1. The van der Waals surface area contributed by atoms with E-state index < -0.39 is 0 Å². The van der Waals surface area contributed by atoms with E-state index in [1.165, 1.54) is 0 Å². The van der Waals surface area contributed by atoms with Crippen molar-refractivity contribution in [3.8, 4) is 0 Å². The fourth-order valence-electron chi connectivity index (χ4n) is 1.57. The van der Waals surface area contributed by atoms with Gasteiger partial charge in [0.25, 0.3) is 0 Å². The molecule has 0 fully saturated rings. The van der Waals surface area contributed by atoms with Crippen molar-refractivity contribution in [2.45, 2.75) is 25.8 Å². The highest BCUT2D eigenvalue weighted by Gasteiger charge is 2.12. The molecule has 0 amide bonds. The van der Waals surface area contributed by atoms with Crippen molar-refractivity contribution >= 4 is 0 Å². The summed E-state index contributed by atoms with van der Waals surface area (Å²) in [6.45, 7) is 6.48. The molecule has 4 nitrogen and oxygen atoms in total. The maximum absolute atomic E-state index is 5.51. The van der Waals surface area contributed by atoms with Crippen LogP contribution in [0.3, 0.4) is 0 Å². The van der Waals surface area contributed by atoms with Gasteiger partial charge in [0.1, 0.15) is 0 Å². The van der Waals surface area contributed by atoms with Gasteiger partial charge in [-0.05, 0) is 26.3 Å². The number of hydrogen-bond donors (Lipinski definition) is 1. The van der Waals surface area contributed by atoms with E-state index in [2.05, 4.69) is 11.8 Å². The molecule has 1 unspecified atom stereocenters. The van der Waals surface area contributed by atoms with Crippen LogP contribution in [0.5, 0.6) is 0 Å². The Balaban J connectivity index is 3.84. The van der Waals surface area contributed by atoms with E-state index in [0.717, 1.165) is 45.7 Å². The molecule has 0 saturated carbocycles. The van der Waals surface area contributed by atoms with Crippen LogP contribution in [0.25, 0.3) is 0 Å². The first-order valence-electron chi connectivity index (χ1n) is 5.68. The molecule has 0 aromatic carbocycles. The van der Waals surface area contributed by atoms with Crippen LogP contribution in [0.4, 0.5) is 0 Å². The number of rotatable bonds is 10. The Morgan fingerprint density at radius 1 is 1.13 bits per heavy atom. The molecule has 0 saturated heterocycles. The van der Waals surface area contributed by atoms with Gasteiger partial charge in [0.05, 0.1) is 13.2 Å². The summed E-state index contributed by atoms with van der Waals surface area (Å²) in [5.74, 6) is 0. The molecule has 0 aliphatic heterocycles. The Morgan fingerprint density at radius 2 is 1.67 bits per heavy atom. The van der Waals surface area contributed by atoms with E-state index >= 15 is 0 Å². The molecule has 0 aliphatic carbocycles. The third-order valence-electron chi connectivity index (χ3n) is 2.61. The van der Waals surface area contributed by atoms with Crippen LogP contribution >= 0.6 is 0 Å². The van der Waals surface area contributed by atoms with Gasteiger partial charge >= 0.3 is 0 Å². The minimum Gasteiger partial charge on any atom is -0.383 e. The third kappa shape index (κ3) is 7.73. The van der Waals surface area contributed by atoms with Crippen LogP contribution < -0.4 is 5.73 Å². The van der Waals surface area contributed by atoms with Crippen LogP contribution in [-0.4, -0.2) is 58.0 Å². The Hall–Kier alpha value is -0.160. The molecule has 0 aliphatic rings. The van der Waals surface area contributed by atoms with Crippen LogP contribution in [0.1, 0.15) is 19.8 Å². The van der Waals surface area contributed by atoms with E-state index in [0.29, 0.717) is 6.04 Å². The Morgan fingerprint density at radius 3 is 2.07 bits per heavy atom. The summed E-state index contributed by atoms with van der Waals surface area (Å²) in [5.41, 5.74) is 5.51. The summed E-state index contributed by atoms with van der Waals surface area (Å²) < 4.78 is 10.2. The van der Waals surface area contributed by atoms with E-state index in [9.17, 15) is 0 Å². The summed E-state index contributed by atoms with van der Waals surface area (Å²) in [6, 6.07) is 0.554. The number of hydrogen-bond acceptors (Lipinski definition) is 4. The van der Waals surface area contributed by atoms with Gasteiger partial charge in [-0.25, -0.2) is 0 Å². The molecule has 2 N–H and O–H groups in total. The van der Waals surface area contributed by atoms with E-state index in [1.807, 2.05) is 0 Å². The van der Waals surface area contributed by atoms with E-state index in [-0.39, 0.29) is 0 Å². The van der Waals surface area contributed by atoms with Gasteiger partial charge in [0.2, 0.25) is 0 Å². The van der Waals surface area contributed by atoms with Gasteiger partial charge in [-0.1, -0.05) is 0 Å². The average Bonchev–Trinajstić information content (AvgIpc) is 2.26. The molecule has 1 atom stereocenters. The summed E-state index contributed by atoms with van der Waals surface area (Å²) in [4.78, 5) is 2.39. The van der Waals surface area contributed by atoms with E-state index in [1.54, 1.807) is 14.2 Å². The van der Waals surface area contributed by atoms with Crippen LogP contribution in [0.15, 0.2) is 0 Å². The SMILES string of the molecule is COCCN(CCOC)C(C)CCCN. The first-order chi connectivity index (χ1) is 7.26. The molecule has 92 valence electrons. The lowest BCUT2D eigenvalue weighted by Gasteiger charge is -2.28. The van der Waals surface area contributed by atoms with Gasteiger partial charge in [-0.2, -0.15) is 0 Å². The molecule has 0 aromatic heterocycles. The molecule has 0 aromatic rings. The van der Waals surface area contributed by atoms with Crippen LogP contribution in [0, 0.1) is 0 Å². The summed E-state index contributed by atoms with van der Waals surface area (Å²) >= 11 is 0. The second-order valence-corrected chi connectivity index (χ2v) is 3.80. The highest BCUT2D eigenvalue weighted by molar-refractivity contribution is 4.67. The predicted molar refractivity (Wildman–Crippen MR) is 63.1 cm³/mol. The van der Waals surface area contributed by atoms with Gasteiger partial charge < -0.3 is 15.2 Å². The molecular weight excluding hydrogens is 192 g/mol. The second kappa shape index (κ2) is 10.4. The highest BCUT2D eigenvalue weighted by atomic mass is 16.5. The lowest BCUT2D eigenvalue weighted by molar-refractivity contribution is 0.0890. The normalized spacial score (nSPS) is 13.4. The van der Waals surface area contributed by atoms with Crippen molar-refractivity contribution in [3.05, 3.63) is 0 Å². The van der Waals surface area contributed by atoms with Crippen molar-refractivity contribution in [2.24, 2.45) is 5.73 Å². The molecule has 0 bridgehead atoms. The highest BCUT2D eigenvalue weighted by Crippen LogP contribution is 2.05. The van der Waals surface area contributed by atoms with Crippen molar-refractivity contribution in [2.75, 3.05) is 47.1 Å². The zero-order valence-corrected chi connectivity index (χ0v) is 10.4. The third-order valence-corrected chi connectivity index (χ3v) is 2.61. The molecule has 15 heavy (non-hydrogen) atoms. The Kier molecular flexibility index (Phi) is 10.3. The second-order valence-electron chi connectivity index (χ2n) is 3.80. The zero-order chi connectivity index (χ0) is 11.5. The maximum atomic E-state index is 5.51. The fraction of sp³-hybridized carbons (Fsp3) is 1.00. The van der Waals surface area contributed by atoms with Gasteiger partial charge in [-0.15, -0.1) is 0 Å². The maximum Gasteiger partial charge on any atom is 0.0589 e. The lowest BCUT2D eigenvalue weighted by Crippen LogP contribution is -2.38. The zero-order valence-electron chi connectivity index (χ0n) is 10.4. The molecule has 4 heteroatoms. The van der Waals surface area contributed by atoms with Gasteiger partial charge in [0, 0.05) is 33.4 Å². The van der Waals surface area contributed by atoms with Crippen molar-refractivity contribution in [3.63, 3.8) is 0 Å². The Bertz CT molecular complexity index is 126. The van der Waals surface area contributed by atoms with Crippen LogP contribution in [-0.2, 0) is 9.47 Å². The van der Waals surface area contributed by atoms with E-state index in [4.69, 9.17) is 15.2 Å². The van der Waals surface area contributed by atoms with Crippen LogP contribution in [0.2, 0.25) is 0 Å². The minimum atomic E-state index is 0.554. The number of ether oxygens (including phenoxy) is 2. The topological polar surface area (TPSA) is 47.7 Å². The van der Waals surface area contributed by atoms with Gasteiger partial charge in [0.15, 0.2) is 0 Å².